The Morgan fingerprint density at radius 2 is 1.80 bits per heavy atom. The van der Waals surface area contributed by atoms with Crippen LogP contribution in [0.5, 0.6) is 5.88 Å². The number of halogens is 10. The van der Waals surface area contributed by atoms with E-state index in [9.17, 15) is 49.6 Å². The molecule has 220 valence electrons. The highest BCUT2D eigenvalue weighted by molar-refractivity contribution is 6.34. The van der Waals surface area contributed by atoms with Gasteiger partial charge in [0, 0.05) is 25.9 Å². The maximum absolute atomic E-state index is 13.9. The third-order valence-corrected chi connectivity index (χ3v) is 6.62. The lowest BCUT2D eigenvalue weighted by Crippen LogP contribution is -2.46. The first-order valence-electron chi connectivity index (χ1n) is 11.3. The maximum Gasteiger partial charge on any atom is 0.440 e. The van der Waals surface area contributed by atoms with Crippen molar-refractivity contribution < 1.29 is 49.0 Å². The molecule has 3 aromatic rings. The molecule has 1 aliphatic rings. The molecule has 0 saturated heterocycles. The molecule has 0 radical (unpaired) electrons. The number of benzene rings is 1. The lowest BCUT2D eigenvalue weighted by Gasteiger charge is -2.23. The molecule has 2 aromatic heterocycles. The zero-order valence-corrected chi connectivity index (χ0v) is 21.4. The van der Waals surface area contributed by atoms with Crippen LogP contribution in [0.1, 0.15) is 28.8 Å². The van der Waals surface area contributed by atoms with Crippen LogP contribution < -0.4 is 4.74 Å². The number of aryl methyl sites for hydroxylation is 1. The summed E-state index contributed by atoms with van der Waals surface area (Å²) in [6, 6.07) is 6.09. The zero-order valence-electron chi connectivity index (χ0n) is 20.7. The predicted octanol–water partition coefficient (Wildman–Crippen LogP) is 5.95. The average molecular weight is 615 g/mol. The van der Waals surface area contributed by atoms with Gasteiger partial charge in [0.05, 0.1) is 22.9 Å². The van der Waals surface area contributed by atoms with Crippen molar-refractivity contribution >= 4 is 17.5 Å². The molecule has 1 fully saturated rings. The number of ether oxygens (including phenoxy) is 1. The summed E-state index contributed by atoms with van der Waals surface area (Å²) in [5.41, 5.74) is -2.73. The lowest BCUT2D eigenvalue weighted by molar-refractivity contribution is -0.306. The van der Waals surface area contributed by atoms with E-state index in [2.05, 4.69) is 21.0 Å². The van der Waals surface area contributed by atoms with E-state index in [1.165, 1.54) is 30.1 Å². The second-order valence-corrected chi connectivity index (χ2v) is 9.48. The van der Waals surface area contributed by atoms with Crippen molar-refractivity contribution in [3.63, 3.8) is 0 Å². The van der Waals surface area contributed by atoms with Crippen LogP contribution in [0.4, 0.5) is 39.5 Å². The van der Waals surface area contributed by atoms with Gasteiger partial charge in [-0.2, -0.15) is 45.5 Å². The fourth-order valence-electron chi connectivity index (χ4n) is 3.92. The molecule has 1 aliphatic carbocycles. The molecule has 41 heavy (non-hydrogen) atoms. The molecule has 1 saturated carbocycles. The van der Waals surface area contributed by atoms with Gasteiger partial charge in [0.15, 0.2) is 11.4 Å². The summed E-state index contributed by atoms with van der Waals surface area (Å²) in [7, 11) is 2.26. The smallest absolute Gasteiger partial charge is 0.410 e. The van der Waals surface area contributed by atoms with Crippen LogP contribution in [0.2, 0.25) is 5.02 Å². The number of aromatic nitrogens is 4. The normalized spacial score (nSPS) is 15.8. The number of rotatable bonds is 7. The largest absolute Gasteiger partial charge is 0.440 e. The van der Waals surface area contributed by atoms with Crippen LogP contribution in [-0.4, -0.2) is 61.4 Å². The van der Waals surface area contributed by atoms with Crippen molar-refractivity contribution in [3.05, 3.63) is 46.7 Å². The van der Waals surface area contributed by atoms with Crippen molar-refractivity contribution in [1.82, 2.24) is 24.5 Å². The minimum atomic E-state index is -6.14. The molecule has 0 N–H and O–H groups in total. The lowest BCUT2D eigenvalue weighted by atomic mass is 10.0. The van der Waals surface area contributed by atoms with Gasteiger partial charge in [0.25, 0.3) is 18.0 Å². The minimum Gasteiger partial charge on any atom is -0.410 e. The summed E-state index contributed by atoms with van der Waals surface area (Å²) in [5, 5.41) is 16.2. The van der Waals surface area contributed by atoms with Gasteiger partial charge in [0.1, 0.15) is 5.54 Å². The summed E-state index contributed by atoms with van der Waals surface area (Å²) in [6.45, 7) is 0. The van der Waals surface area contributed by atoms with Gasteiger partial charge in [-0.3, -0.25) is 4.79 Å². The Morgan fingerprint density at radius 1 is 1.17 bits per heavy atom. The third kappa shape index (κ3) is 5.52. The molecule has 0 bridgehead atoms. The molecule has 0 aliphatic heterocycles. The SMILES string of the molecule is CN(C(=O)c1cc(-c2cnn(-c3c(C(F)(F)F)c(OC(F)(F)C(F)C(F)(F)F)nn3C)c2)ccc1Cl)C1(C#N)CC1. The van der Waals surface area contributed by atoms with E-state index in [4.69, 9.17) is 11.6 Å². The highest BCUT2D eigenvalue weighted by Crippen LogP contribution is 2.44. The van der Waals surface area contributed by atoms with Gasteiger partial charge < -0.3 is 9.64 Å². The summed E-state index contributed by atoms with van der Waals surface area (Å²) in [4.78, 5) is 14.2. The van der Waals surface area contributed by atoms with Crippen LogP contribution in [0.15, 0.2) is 30.6 Å². The fraction of sp³-hybridized carbons (Fsp3) is 0.391. The molecule has 1 amide bonds. The molecule has 18 heteroatoms. The number of alkyl halides is 9. The number of nitrogens with zero attached hydrogens (tertiary/aromatic N) is 6. The van der Waals surface area contributed by atoms with Crippen LogP contribution >= 0.6 is 11.6 Å². The predicted molar refractivity (Wildman–Crippen MR) is 122 cm³/mol. The Hall–Kier alpha value is -3.94. The van der Waals surface area contributed by atoms with Gasteiger partial charge >= 0.3 is 18.5 Å². The second kappa shape index (κ2) is 9.86. The van der Waals surface area contributed by atoms with Gasteiger partial charge in [-0.25, -0.2) is 13.8 Å². The van der Waals surface area contributed by atoms with E-state index in [1.54, 1.807) is 0 Å². The van der Waals surface area contributed by atoms with Gasteiger partial charge in [0.2, 0.25) is 0 Å². The maximum atomic E-state index is 13.9. The molecule has 0 spiro atoms. The van der Waals surface area contributed by atoms with Crippen LogP contribution in [-0.2, 0) is 13.2 Å². The number of nitriles is 1. The first-order valence-corrected chi connectivity index (χ1v) is 11.7. The van der Waals surface area contributed by atoms with Crippen molar-refractivity contribution in [3.8, 4) is 28.9 Å². The summed E-state index contributed by atoms with van der Waals surface area (Å²) >= 11 is 6.17. The van der Waals surface area contributed by atoms with E-state index in [1.807, 2.05) is 0 Å². The molecule has 1 unspecified atom stereocenters. The van der Waals surface area contributed by atoms with Crippen molar-refractivity contribution in [1.29, 1.82) is 5.26 Å². The zero-order chi connectivity index (χ0) is 30.7. The third-order valence-electron chi connectivity index (χ3n) is 6.29. The standard InChI is InChI=1S/C23H16ClF9N6O2/c1-37(20(10-34)5-6-20)18(40)13-7-11(3-4-14(13)24)12-8-35-39(9-12)17-15(21(26,27)28)16(36-38(17)2)41-23(32,33)19(25)22(29,30)31/h3-4,7-9,19H,5-6H2,1-2H3. The Labute approximate surface area is 229 Å². The topological polar surface area (TPSA) is 89.0 Å². The minimum absolute atomic E-state index is 0.0190. The van der Waals surface area contributed by atoms with Crippen molar-refractivity contribution in [2.24, 2.45) is 7.05 Å². The Bertz CT molecular complexity index is 1540. The Morgan fingerprint density at radius 3 is 2.34 bits per heavy atom. The number of carbonyl (C=O) groups is 1. The van der Waals surface area contributed by atoms with Crippen LogP contribution in [0.3, 0.4) is 0 Å². The van der Waals surface area contributed by atoms with E-state index in [0.717, 1.165) is 19.4 Å². The van der Waals surface area contributed by atoms with Gasteiger partial charge in [-0.05, 0) is 30.5 Å². The first-order chi connectivity index (χ1) is 18.8. The highest BCUT2D eigenvalue weighted by Gasteiger charge is 2.60. The van der Waals surface area contributed by atoms with Crippen LogP contribution in [0, 0.1) is 11.3 Å². The number of carbonyl (C=O) groups excluding carboxylic acids is 1. The molecule has 8 nitrogen and oxygen atoms in total. The van der Waals surface area contributed by atoms with Gasteiger partial charge in [-0.1, -0.05) is 17.7 Å². The molecular weight excluding hydrogens is 599 g/mol. The van der Waals surface area contributed by atoms with E-state index in [0.29, 0.717) is 22.2 Å². The van der Waals surface area contributed by atoms with Gasteiger partial charge in [-0.15, -0.1) is 5.10 Å². The Balaban J connectivity index is 1.73. The van der Waals surface area contributed by atoms with Crippen molar-refractivity contribution in [2.45, 2.75) is 43.0 Å². The Kier molecular flexibility index (Phi) is 7.22. The number of amides is 1. The van der Waals surface area contributed by atoms with E-state index >= 15 is 0 Å². The fourth-order valence-corrected chi connectivity index (χ4v) is 4.11. The molecule has 1 atom stereocenters. The molecule has 1 aromatic carbocycles. The molecule has 2 heterocycles. The van der Waals surface area contributed by atoms with Crippen molar-refractivity contribution in [2.75, 3.05) is 7.05 Å². The van der Waals surface area contributed by atoms with Crippen LogP contribution in [0.25, 0.3) is 16.9 Å². The summed E-state index contributed by atoms with van der Waals surface area (Å²) < 4.78 is 125. The quantitative estimate of drug-likeness (QED) is 0.307. The molecule has 4 rings (SSSR count). The first kappa shape index (κ1) is 30.0. The summed E-state index contributed by atoms with van der Waals surface area (Å²) in [6.07, 6.45) is -19.4. The second-order valence-electron chi connectivity index (χ2n) is 9.07. The monoisotopic (exact) mass is 614 g/mol. The number of hydrogen-bond donors (Lipinski definition) is 0. The molecular formula is C23H16ClF9N6O2. The van der Waals surface area contributed by atoms with E-state index < -0.39 is 53.3 Å². The van der Waals surface area contributed by atoms with E-state index in [-0.39, 0.29) is 21.7 Å². The average Bonchev–Trinajstić information content (AvgIpc) is 3.40. The summed E-state index contributed by atoms with van der Waals surface area (Å²) in [5.74, 6) is -3.66. The number of hydrogen-bond acceptors (Lipinski definition) is 5. The highest BCUT2D eigenvalue weighted by atomic mass is 35.5.